The molecule has 0 aromatic heterocycles. The van der Waals surface area contributed by atoms with Crippen LogP contribution in [0.4, 0.5) is 0 Å². The third-order valence-electron chi connectivity index (χ3n) is 2.71. The highest BCUT2D eigenvalue weighted by Gasteiger charge is 2.21. The molecule has 58 valence electrons. The molecule has 2 aliphatic rings. The molecule has 0 aromatic rings. The molecule has 1 unspecified atom stereocenters. The molecular weight excluding hydrogens is 132 g/mol. The van der Waals surface area contributed by atoms with Gasteiger partial charge in [0.25, 0.3) is 0 Å². The lowest BCUT2D eigenvalue weighted by Crippen LogP contribution is -2.12. The number of rotatable bonds is 0. The van der Waals surface area contributed by atoms with Gasteiger partial charge in [-0.1, -0.05) is 30.4 Å². The zero-order chi connectivity index (χ0) is 7.68. The molecular formula is C11H14. The van der Waals surface area contributed by atoms with Crippen LogP contribution in [-0.4, -0.2) is 0 Å². The zero-order valence-electron chi connectivity index (χ0n) is 6.84. The van der Waals surface area contributed by atoms with Crippen molar-refractivity contribution < 1.29 is 0 Å². The molecule has 0 saturated heterocycles. The van der Waals surface area contributed by atoms with Crippen LogP contribution in [0, 0.1) is 5.92 Å². The van der Waals surface area contributed by atoms with E-state index in [1.54, 1.807) is 0 Å². The quantitative estimate of drug-likeness (QED) is 0.492. The van der Waals surface area contributed by atoms with Crippen LogP contribution >= 0.6 is 0 Å². The Labute approximate surface area is 68.3 Å². The molecule has 0 amide bonds. The molecule has 0 heteroatoms. The molecule has 1 saturated carbocycles. The normalized spacial score (nSPS) is 29.6. The second kappa shape index (κ2) is 2.69. The summed E-state index contributed by atoms with van der Waals surface area (Å²) < 4.78 is 0. The Morgan fingerprint density at radius 2 is 2.36 bits per heavy atom. The number of fused-ring (bicyclic) bond motifs is 1. The first kappa shape index (κ1) is 6.90. The fraction of sp³-hybridized carbons (Fsp3) is 0.455. The van der Waals surface area contributed by atoms with Crippen molar-refractivity contribution in [3.63, 3.8) is 0 Å². The van der Waals surface area contributed by atoms with Gasteiger partial charge in [0.1, 0.15) is 0 Å². The van der Waals surface area contributed by atoms with Crippen LogP contribution in [0.2, 0.25) is 0 Å². The molecule has 11 heavy (non-hydrogen) atoms. The molecule has 0 heterocycles. The summed E-state index contributed by atoms with van der Waals surface area (Å²) in [6.45, 7) is 4.10. The van der Waals surface area contributed by atoms with E-state index in [-0.39, 0.29) is 0 Å². The fourth-order valence-electron chi connectivity index (χ4n) is 2.06. The largest absolute Gasteiger partial charge is 0.0955 e. The average Bonchev–Trinajstić information content (AvgIpc) is 2.06. The highest BCUT2D eigenvalue weighted by molar-refractivity contribution is 5.38. The molecule has 0 bridgehead atoms. The molecule has 0 aromatic carbocycles. The summed E-state index contributed by atoms with van der Waals surface area (Å²) in [5, 5.41) is 0. The molecule has 0 radical (unpaired) electrons. The summed E-state index contributed by atoms with van der Waals surface area (Å²) in [6.07, 6.45) is 11.9. The second-order valence-corrected chi connectivity index (χ2v) is 3.48. The first-order chi connectivity index (χ1) is 5.38. The Balaban J connectivity index is 2.27. The van der Waals surface area contributed by atoms with E-state index in [1.165, 1.54) is 36.8 Å². The highest BCUT2D eigenvalue weighted by Crippen LogP contribution is 2.36. The van der Waals surface area contributed by atoms with E-state index in [0.29, 0.717) is 0 Å². The van der Waals surface area contributed by atoms with Gasteiger partial charge >= 0.3 is 0 Å². The summed E-state index contributed by atoms with van der Waals surface area (Å²) >= 11 is 0. The summed E-state index contributed by atoms with van der Waals surface area (Å²) in [4.78, 5) is 0. The van der Waals surface area contributed by atoms with Crippen LogP contribution in [0.1, 0.15) is 25.7 Å². The van der Waals surface area contributed by atoms with Crippen molar-refractivity contribution >= 4 is 0 Å². The molecule has 0 N–H and O–H groups in total. The summed E-state index contributed by atoms with van der Waals surface area (Å²) in [5.74, 6) is 0.807. The van der Waals surface area contributed by atoms with Gasteiger partial charge in [0.15, 0.2) is 0 Å². The smallest absolute Gasteiger partial charge is 0.0125 e. The van der Waals surface area contributed by atoms with Crippen molar-refractivity contribution in [3.8, 4) is 0 Å². The predicted molar refractivity (Wildman–Crippen MR) is 48.3 cm³/mol. The van der Waals surface area contributed by atoms with Gasteiger partial charge in [-0.05, 0) is 37.2 Å². The SMILES string of the molecule is C=C1CCCC2CC=CC=C12. The van der Waals surface area contributed by atoms with Crippen LogP contribution in [0.5, 0.6) is 0 Å². The van der Waals surface area contributed by atoms with Crippen LogP contribution in [0.25, 0.3) is 0 Å². The maximum absolute atomic E-state index is 4.10. The van der Waals surface area contributed by atoms with Crippen LogP contribution in [0.15, 0.2) is 36.0 Å². The minimum atomic E-state index is 0.807. The number of hydrogen-bond donors (Lipinski definition) is 0. The third-order valence-corrected chi connectivity index (χ3v) is 2.71. The van der Waals surface area contributed by atoms with Crippen molar-refractivity contribution in [1.82, 2.24) is 0 Å². The van der Waals surface area contributed by atoms with Gasteiger partial charge in [0, 0.05) is 0 Å². The van der Waals surface area contributed by atoms with E-state index < -0.39 is 0 Å². The maximum Gasteiger partial charge on any atom is -0.0125 e. The first-order valence-corrected chi connectivity index (χ1v) is 4.43. The van der Waals surface area contributed by atoms with E-state index >= 15 is 0 Å². The zero-order valence-corrected chi connectivity index (χ0v) is 6.84. The minimum absolute atomic E-state index is 0.807. The molecule has 1 atom stereocenters. The van der Waals surface area contributed by atoms with Gasteiger partial charge in [-0.25, -0.2) is 0 Å². The Kier molecular flexibility index (Phi) is 1.69. The fourth-order valence-corrected chi connectivity index (χ4v) is 2.06. The Bertz CT molecular complexity index is 230. The summed E-state index contributed by atoms with van der Waals surface area (Å²) in [5.41, 5.74) is 2.91. The van der Waals surface area contributed by atoms with Crippen molar-refractivity contribution in [2.75, 3.05) is 0 Å². The van der Waals surface area contributed by atoms with Gasteiger partial charge in [0.05, 0.1) is 0 Å². The van der Waals surface area contributed by atoms with E-state index in [9.17, 15) is 0 Å². The second-order valence-electron chi connectivity index (χ2n) is 3.48. The average molecular weight is 146 g/mol. The van der Waals surface area contributed by atoms with E-state index in [2.05, 4.69) is 24.8 Å². The Hall–Kier alpha value is -0.780. The first-order valence-electron chi connectivity index (χ1n) is 4.43. The predicted octanol–water partition coefficient (Wildman–Crippen LogP) is 3.23. The van der Waals surface area contributed by atoms with Crippen molar-refractivity contribution in [3.05, 3.63) is 36.0 Å². The van der Waals surface area contributed by atoms with Gasteiger partial charge in [-0.3, -0.25) is 0 Å². The van der Waals surface area contributed by atoms with Gasteiger partial charge < -0.3 is 0 Å². The van der Waals surface area contributed by atoms with E-state index in [1.807, 2.05) is 0 Å². The Morgan fingerprint density at radius 1 is 1.45 bits per heavy atom. The maximum atomic E-state index is 4.10. The van der Waals surface area contributed by atoms with Crippen molar-refractivity contribution in [2.45, 2.75) is 25.7 Å². The van der Waals surface area contributed by atoms with E-state index in [4.69, 9.17) is 0 Å². The highest BCUT2D eigenvalue weighted by atomic mass is 14.3. The molecule has 2 rings (SSSR count). The molecule has 2 aliphatic carbocycles. The van der Waals surface area contributed by atoms with E-state index in [0.717, 1.165) is 5.92 Å². The number of allylic oxidation sites excluding steroid dienone is 5. The van der Waals surface area contributed by atoms with Gasteiger partial charge in [-0.15, -0.1) is 0 Å². The van der Waals surface area contributed by atoms with Crippen LogP contribution in [0.3, 0.4) is 0 Å². The van der Waals surface area contributed by atoms with Crippen LogP contribution in [-0.2, 0) is 0 Å². The lowest BCUT2D eigenvalue weighted by molar-refractivity contribution is 0.503. The molecule has 0 spiro atoms. The molecule has 0 aliphatic heterocycles. The number of hydrogen-bond acceptors (Lipinski definition) is 0. The van der Waals surface area contributed by atoms with Crippen LogP contribution < -0.4 is 0 Å². The lowest BCUT2D eigenvalue weighted by Gasteiger charge is -2.28. The molecule has 0 nitrogen and oxygen atoms in total. The summed E-state index contributed by atoms with van der Waals surface area (Å²) in [6, 6.07) is 0. The molecule has 1 fully saturated rings. The van der Waals surface area contributed by atoms with Gasteiger partial charge in [0.2, 0.25) is 0 Å². The monoisotopic (exact) mass is 146 g/mol. The van der Waals surface area contributed by atoms with Crippen molar-refractivity contribution in [2.24, 2.45) is 5.92 Å². The summed E-state index contributed by atoms with van der Waals surface area (Å²) in [7, 11) is 0. The lowest BCUT2D eigenvalue weighted by atomic mass is 9.77. The third kappa shape index (κ3) is 1.18. The Morgan fingerprint density at radius 3 is 3.18 bits per heavy atom. The topological polar surface area (TPSA) is 0 Å². The van der Waals surface area contributed by atoms with Crippen molar-refractivity contribution in [1.29, 1.82) is 0 Å². The minimum Gasteiger partial charge on any atom is -0.0955 e. The standard InChI is InChI=1S/C11H14/c1-9-5-4-7-10-6-2-3-8-11(9)10/h2-3,8,10H,1,4-7H2. The van der Waals surface area contributed by atoms with Gasteiger partial charge in [-0.2, -0.15) is 0 Å².